The van der Waals surface area contributed by atoms with Crippen molar-refractivity contribution in [1.29, 1.82) is 0 Å². The standard InChI is InChI=1S/C21H30O3S/c22-21(23)11-7-2-1-6-10-17-18(20-13-12-19(17)25-20)14-15-24-16-8-4-3-5-9-16/h3-5,8-9,17-20H,1-2,6-7,10-15H2,(H,22,23)/t17-,18+,19-,20+/m0/s1. The molecule has 0 saturated carbocycles. The van der Waals surface area contributed by atoms with Gasteiger partial charge in [0, 0.05) is 16.9 Å². The van der Waals surface area contributed by atoms with Crippen molar-refractivity contribution in [2.45, 2.75) is 68.3 Å². The molecule has 0 amide bonds. The average molecular weight is 363 g/mol. The summed E-state index contributed by atoms with van der Waals surface area (Å²) < 4.78 is 5.94. The lowest BCUT2D eigenvalue weighted by Gasteiger charge is -2.30. The number of benzene rings is 1. The van der Waals surface area contributed by atoms with E-state index in [0.717, 1.165) is 47.5 Å². The minimum Gasteiger partial charge on any atom is -0.494 e. The van der Waals surface area contributed by atoms with E-state index in [-0.39, 0.29) is 0 Å². The molecule has 2 saturated heterocycles. The van der Waals surface area contributed by atoms with E-state index in [1.165, 1.54) is 38.5 Å². The van der Waals surface area contributed by atoms with Gasteiger partial charge in [-0.05, 0) is 56.1 Å². The summed E-state index contributed by atoms with van der Waals surface area (Å²) in [6, 6.07) is 10.1. The Balaban J connectivity index is 1.38. The number of ether oxygens (including phenoxy) is 1. The third-order valence-electron chi connectivity index (χ3n) is 5.73. The molecule has 0 spiro atoms. The number of carboxylic acids is 1. The topological polar surface area (TPSA) is 46.5 Å². The number of thioether (sulfide) groups is 1. The van der Waals surface area contributed by atoms with E-state index in [0.29, 0.717) is 6.42 Å². The van der Waals surface area contributed by atoms with Gasteiger partial charge in [-0.2, -0.15) is 11.8 Å². The highest BCUT2D eigenvalue weighted by molar-refractivity contribution is 8.01. The van der Waals surface area contributed by atoms with Crippen molar-refractivity contribution in [2.24, 2.45) is 11.8 Å². The summed E-state index contributed by atoms with van der Waals surface area (Å²) >= 11 is 2.23. The van der Waals surface area contributed by atoms with Crippen LogP contribution in [0, 0.1) is 11.8 Å². The molecule has 1 N–H and O–H groups in total. The highest BCUT2D eigenvalue weighted by atomic mass is 32.2. The number of carbonyl (C=O) groups is 1. The predicted octanol–water partition coefficient (Wildman–Crippen LogP) is 5.39. The first-order valence-electron chi connectivity index (χ1n) is 9.79. The SMILES string of the molecule is O=C(O)CCCCCC[C@H]1[C@@H](CCOc2ccccc2)[C@H]2CC[C@@H]1S2. The van der Waals surface area contributed by atoms with E-state index < -0.39 is 5.97 Å². The second-order valence-electron chi connectivity index (χ2n) is 7.41. The van der Waals surface area contributed by atoms with E-state index in [9.17, 15) is 4.79 Å². The molecule has 2 heterocycles. The summed E-state index contributed by atoms with van der Waals surface area (Å²) in [6.07, 6.45) is 9.92. The number of carboxylic acid groups (broad SMARTS) is 1. The number of aliphatic carboxylic acids is 1. The van der Waals surface area contributed by atoms with Crippen molar-refractivity contribution in [3.8, 4) is 5.75 Å². The highest BCUT2D eigenvalue weighted by Crippen LogP contribution is 2.55. The number of rotatable bonds is 11. The number of unbranched alkanes of at least 4 members (excludes halogenated alkanes) is 3. The molecule has 4 heteroatoms. The Morgan fingerprint density at radius 3 is 2.40 bits per heavy atom. The molecule has 25 heavy (non-hydrogen) atoms. The Labute approximate surface area is 155 Å². The zero-order valence-electron chi connectivity index (χ0n) is 14.9. The molecule has 1 aromatic carbocycles. The van der Waals surface area contributed by atoms with Gasteiger partial charge in [0.05, 0.1) is 6.61 Å². The van der Waals surface area contributed by atoms with Crippen molar-refractivity contribution in [1.82, 2.24) is 0 Å². The largest absolute Gasteiger partial charge is 0.494 e. The quantitative estimate of drug-likeness (QED) is 0.536. The van der Waals surface area contributed by atoms with Gasteiger partial charge in [-0.1, -0.05) is 37.5 Å². The molecule has 0 aromatic heterocycles. The molecule has 2 fully saturated rings. The van der Waals surface area contributed by atoms with Crippen LogP contribution in [0.5, 0.6) is 5.75 Å². The summed E-state index contributed by atoms with van der Waals surface area (Å²) in [4.78, 5) is 10.6. The summed E-state index contributed by atoms with van der Waals surface area (Å²) in [7, 11) is 0. The van der Waals surface area contributed by atoms with Crippen LogP contribution in [0.3, 0.4) is 0 Å². The Morgan fingerprint density at radius 1 is 1.00 bits per heavy atom. The van der Waals surface area contributed by atoms with Crippen molar-refractivity contribution in [3.63, 3.8) is 0 Å². The van der Waals surface area contributed by atoms with E-state index in [2.05, 4.69) is 11.8 Å². The first-order chi connectivity index (χ1) is 12.2. The lowest BCUT2D eigenvalue weighted by Crippen LogP contribution is -2.28. The van der Waals surface area contributed by atoms with E-state index in [1.807, 2.05) is 30.3 Å². The first kappa shape index (κ1) is 18.6. The smallest absolute Gasteiger partial charge is 0.303 e. The molecule has 0 unspecified atom stereocenters. The summed E-state index contributed by atoms with van der Waals surface area (Å²) in [5, 5.41) is 10.4. The molecular weight excluding hydrogens is 332 g/mol. The summed E-state index contributed by atoms with van der Waals surface area (Å²) in [5.74, 6) is 1.98. The van der Waals surface area contributed by atoms with Gasteiger partial charge in [-0.15, -0.1) is 0 Å². The summed E-state index contributed by atoms with van der Waals surface area (Å²) in [6.45, 7) is 0.827. The highest BCUT2D eigenvalue weighted by Gasteiger charge is 2.47. The van der Waals surface area contributed by atoms with Crippen LogP contribution >= 0.6 is 11.8 Å². The van der Waals surface area contributed by atoms with Crippen molar-refractivity contribution in [2.75, 3.05) is 6.61 Å². The van der Waals surface area contributed by atoms with Gasteiger partial charge in [0.2, 0.25) is 0 Å². The molecule has 1 aromatic rings. The van der Waals surface area contributed by atoms with Gasteiger partial charge < -0.3 is 9.84 Å². The molecule has 3 nitrogen and oxygen atoms in total. The van der Waals surface area contributed by atoms with Crippen LogP contribution in [-0.4, -0.2) is 28.2 Å². The maximum atomic E-state index is 10.6. The first-order valence-corrected chi connectivity index (χ1v) is 10.7. The normalized spacial score (nSPS) is 27.5. The molecule has 0 aliphatic carbocycles. The maximum Gasteiger partial charge on any atom is 0.303 e. The second-order valence-corrected chi connectivity index (χ2v) is 8.90. The van der Waals surface area contributed by atoms with Gasteiger partial charge in [0.15, 0.2) is 0 Å². The molecule has 2 aliphatic heterocycles. The summed E-state index contributed by atoms with van der Waals surface area (Å²) in [5.41, 5.74) is 0. The number of hydrogen-bond acceptors (Lipinski definition) is 3. The van der Waals surface area contributed by atoms with Crippen LogP contribution < -0.4 is 4.74 Å². The van der Waals surface area contributed by atoms with Gasteiger partial charge in [0.1, 0.15) is 5.75 Å². The molecule has 0 radical (unpaired) electrons. The number of para-hydroxylation sites is 1. The molecule has 2 aliphatic rings. The Bertz CT molecular complexity index is 533. The van der Waals surface area contributed by atoms with Gasteiger partial charge in [-0.25, -0.2) is 0 Å². The average Bonchev–Trinajstić information content (AvgIpc) is 3.21. The van der Waals surface area contributed by atoms with Gasteiger partial charge >= 0.3 is 5.97 Å². The molecule has 138 valence electrons. The molecular formula is C21H30O3S. The minimum absolute atomic E-state index is 0.323. The fraction of sp³-hybridized carbons (Fsp3) is 0.667. The zero-order valence-corrected chi connectivity index (χ0v) is 15.8. The maximum absolute atomic E-state index is 10.6. The van der Waals surface area contributed by atoms with Crippen molar-refractivity contribution in [3.05, 3.63) is 30.3 Å². The van der Waals surface area contributed by atoms with E-state index in [1.54, 1.807) is 0 Å². The molecule has 4 atom stereocenters. The fourth-order valence-electron chi connectivity index (χ4n) is 4.51. The Morgan fingerprint density at radius 2 is 1.68 bits per heavy atom. The lowest BCUT2D eigenvalue weighted by atomic mass is 9.75. The van der Waals surface area contributed by atoms with E-state index >= 15 is 0 Å². The number of fused-ring (bicyclic) bond motifs is 2. The lowest BCUT2D eigenvalue weighted by molar-refractivity contribution is -0.137. The molecule has 3 rings (SSSR count). The zero-order chi connectivity index (χ0) is 17.5. The fourth-order valence-corrected chi connectivity index (χ4v) is 6.58. The van der Waals surface area contributed by atoms with Crippen LogP contribution in [0.4, 0.5) is 0 Å². The van der Waals surface area contributed by atoms with Crippen LogP contribution in [0.15, 0.2) is 30.3 Å². The van der Waals surface area contributed by atoms with Gasteiger partial charge in [-0.3, -0.25) is 4.79 Å². The molecule has 2 bridgehead atoms. The third-order valence-corrected chi connectivity index (χ3v) is 7.60. The number of hydrogen-bond donors (Lipinski definition) is 1. The van der Waals surface area contributed by atoms with Gasteiger partial charge in [0.25, 0.3) is 0 Å². The minimum atomic E-state index is -0.664. The Kier molecular flexibility index (Phi) is 7.09. The van der Waals surface area contributed by atoms with Crippen molar-refractivity contribution < 1.29 is 14.6 Å². The van der Waals surface area contributed by atoms with Crippen molar-refractivity contribution >= 4 is 17.7 Å². The predicted molar refractivity (Wildman–Crippen MR) is 103 cm³/mol. The Hall–Kier alpha value is -1.16. The van der Waals surface area contributed by atoms with Crippen LogP contribution in [0.2, 0.25) is 0 Å². The van der Waals surface area contributed by atoms with Crippen LogP contribution in [0.1, 0.15) is 57.8 Å². The third kappa shape index (κ3) is 5.40. The van der Waals surface area contributed by atoms with E-state index in [4.69, 9.17) is 9.84 Å². The monoisotopic (exact) mass is 362 g/mol. The van der Waals surface area contributed by atoms with Crippen LogP contribution in [-0.2, 0) is 4.79 Å². The van der Waals surface area contributed by atoms with Crippen LogP contribution in [0.25, 0.3) is 0 Å². The second kappa shape index (κ2) is 9.51.